The Bertz CT molecular complexity index is 1150. The highest BCUT2D eigenvalue weighted by Crippen LogP contribution is 2.25. The number of benzene rings is 3. The Kier molecular flexibility index (Phi) is 7.48. The Morgan fingerprint density at radius 2 is 1.71 bits per heavy atom. The van der Waals surface area contributed by atoms with E-state index in [4.69, 9.17) is 4.74 Å². The third-order valence-corrected chi connectivity index (χ3v) is 6.64. The summed E-state index contributed by atoms with van der Waals surface area (Å²) in [6, 6.07) is 20.2. The van der Waals surface area contributed by atoms with Crippen molar-refractivity contribution in [2.24, 2.45) is 0 Å². The van der Waals surface area contributed by atoms with E-state index in [2.05, 4.69) is 26.0 Å². The Hall–Kier alpha value is -2.68. The second kappa shape index (κ2) is 10.1. The van der Waals surface area contributed by atoms with E-state index < -0.39 is 22.0 Å². The first-order valence-corrected chi connectivity index (χ1v) is 11.8. The molecular formula is C23H23BrN2O4S. The van der Waals surface area contributed by atoms with Crippen molar-refractivity contribution in [3.63, 3.8) is 0 Å². The van der Waals surface area contributed by atoms with Crippen LogP contribution < -0.4 is 14.8 Å². The number of carbonyl (C=O) groups is 1. The van der Waals surface area contributed by atoms with Gasteiger partial charge in [0, 0.05) is 10.2 Å². The SMILES string of the molecule is COc1ccc(C)cc1S(=O)(=O)NC(Cc1ccccc1)C(=O)Nc1ccc(Br)cc1. The average Bonchev–Trinajstić information content (AvgIpc) is 2.75. The fourth-order valence-electron chi connectivity index (χ4n) is 3.04. The normalized spacial score (nSPS) is 12.2. The van der Waals surface area contributed by atoms with Crippen molar-refractivity contribution in [3.8, 4) is 5.75 Å². The summed E-state index contributed by atoms with van der Waals surface area (Å²) in [6.07, 6.45) is 0.191. The molecule has 0 bridgehead atoms. The monoisotopic (exact) mass is 502 g/mol. The molecule has 31 heavy (non-hydrogen) atoms. The molecule has 0 spiro atoms. The third-order valence-electron chi connectivity index (χ3n) is 4.62. The van der Waals surface area contributed by atoms with Crippen molar-refractivity contribution < 1.29 is 17.9 Å². The predicted octanol–water partition coefficient (Wildman–Crippen LogP) is 4.29. The molecule has 3 rings (SSSR count). The number of rotatable bonds is 8. The summed E-state index contributed by atoms with van der Waals surface area (Å²) in [5, 5.41) is 2.79. The largest absolute Gasteiger partial charge is 0.495 e. The first kappa shape index (κ1) is 23.0. The number of hydrogen-bond acceptors (Lipinski definition) is 4. The van der Waals surface area contributed by atoms with E-state index in [-0.39, 0.29) is 17.1 Å². The van der Waals surface area contributed by atoms with Gasteiger partial charge in [0.05, 0.1) is 7.11 Å². The van der Waals surface area contributed by atoms with E-state index in [1.165, 1.54) is 13.2 Å². The summed E-state index contributed by atoms with van der Waals surface area (Å²) in [7, 11) is -2.62. The summed E-state index contributed by atoms with van der Waals surface area (Å²) in [5.41, 5.74) is 2.16. The maximum Gasteiger partial charge on any atom is 0.245 e. The number of halogens is 1. The molecule has 0 saturated carbocycles. The number of carbonyl (C=O) groups excluding carboxylic acids is 1. The Morgan fingerprint density at radius 1 is 1.03 bits per heavy atom. The topological polar surface area (TPSA) is 84.5 Å². The van der Waals surface area contributed by atoms with Crippen molar-refractivity contribution in [2.45, 2.75) is 24.3 Å². The quantitative estimate of drug-likeness (QED) is 0.480. The van der Waals surface area contributed by atoms with Gasteiger partial charge in [-0.25, -0.2) is 8.42 Å². The van der Waals surface area contributed by atoms with Crippen LogP contribution >= 0.6 is 15.9 Å². The molecule has 1 unspecified atom stereocenters. The third kappa shape index (κ3) is 6.16. The standard InChI is InChI=1S/C23H23BrN2O4S/c1-16-8-13-21(30-2)22(14-16)31(28,29)26-20(15-17-6-4-3-5-7-17)23(27)25-19-11-9-18(24)10-12-19/h3-14,20,26H,15H2,1-2H3,(H,25,27). The van der Waals surface area contributed by atoms with Crippen LogP contribution in [0.25, 0.3) is 0 Å². The molecular weight excluding hydrogens is 480 g/mol. The number of nitrogens with one attached hydrogen (secondary N) is 2. The van der Waals surface area contributed by atoms with Gasteiger partial charge < -0.3 is 10.1 Å². The van der Waals surface area contributed by atoms with Crippen LogP contribution in [0.1, 0.15) is 11.1 Å². The zero-order valence-electron chi connectivity index (χ0n) is 17.1. The number of sulfonamides is 1. The van der Waals surface area contributed by atoms with E-state index >= 15 is 0 Å². The van der Waals surface area contributed by atoms with Gasteiger partial charge >= 0.3 is 0 Å². The average molecular weight is 503 g/mol. The van der Waals surface area contributed by atoms with Gasteiger partial charge in [-0.2, -0.15) is 4.72 Å². The molecule has 0 aliphatic rings. The Labute approximate surface area is 190 Å². The molecule has 3 aromatic rings. The van der Waals surface area contributed by atoms with E-state index in [0.717, 1.165) is 15.6 Å². The molecule has 1 atom stereocenters. The zero-order valence-corrected chi connectivity index (χ0v) is 19.5. The number of ether oxygens (including phenoxy) is 1. The van der Waals surface area contributed by atoms with Crippen LogP contribution in [0.2, 0.25) is 0 Å². The number of anilines is 1. The molecule has 2 N–H and O–H groups in total. The first-order chi connectivity index (χ1) is 14.8. The highest BCUT2D eigenvalue weighted by atomic mass is 79.9. The lowest BCUT2D eigenvalue weighted by molar-refractivity contribution is -0.117. The van der Waals surface area contributed by atoms with Crippen LogP contribution in [0.3, 0.4) is 0 Å². The lowest BCUT2D eigenvalue weighted by Crippen LogP contribution is -2.45. The summed E-state index contributed by atoms with van der Waals surface area (Å²) in [5.74, 6) is -0.244. The molecule has 0 fully saturated rings. The van der Waals surface area contributed by atoms with Gasteiger partial charge in [0.2, 0.25) is 15.9 Å². The number of hydrogen-bond donors (Lipinski definition) is 2. The van der Waals surface area contributed by atoms with Crippen molar-refractivity contribution >= 4 is 37.5 Å². The lowest BCUT2D eigenvalue weighted by atomic mass is 10.1. The predicted molar refractivity (Wildman–Crippen MR) is 125 cm³/mol. The van der Waals surface area contributed by atoms with Crippen molar-refractivity contribution in [1.82, 2.24) is 4.72 Å². The summed E-state index contributed by atoms with van der Waals surface area (Å²) in [6.45, 7) is 1.79. The molecule has 6 nitrogen and oxygen atoms in total. The first-order valence-electron chi connectivity index (χ1n) is 9.56. The van der Waals surface area contributed by atoms with Crippen LogP contribution in [0.15, 0.2) is 82.2 Å². The van der Waals surface area contributed by atoms with Crippen molar-refractivity contribution in [1.29, 1.82) is 0 Å². The second-order valence-electron chi connectivity index (χ2n) is 7.01. The molecule has 1 amide bonds. The van der Waals surface area contributed by atoms with E-state index in [1.807, 2.05) is 30.3 Å². The minimum absolute atomic E-state index is 0.00972. The molecule has 0 saturated heterocycles. The maximum atomic E-state index is 13.2. The zero-order chi connectivity index (χ0) is 22.4. The van der Waals surface area contributed by atoms with Crippen LogP contribution in [0.5, 0.6) is 5.75 Å². The Morgan fingerprint density at radius 3 is 2.35 bits per heavy atom. The number of methoxy groups -OCH3 is 1. The van der Waals surface area contributed by atoms with Crippen LogP contribution in [-0.4, -0.2) is 27.5 Å². The second-order valence-corrected chi connectivity index (χ2v) is 9.61. The van der Waals surface area contributed by atoms with Gasteiger partial charge in [-0.1, -0.05) is 52.3 Å². The summed E-state index contributed by atoms with van der Waals surface area (Å²) < 4.78 is 35.0. The summed E-state index contributed by atoms with van der Waals surface area (Å²) in [4.78, 5) is 13.0. The van der Waals surface area contributed by atoms with Crippen LogP contribution in [0.4, 0.5) is 5.69 Å². The maximum absolute atomic E-state index is 13.2. The molecule has 162 valence electrons. The van der Waals surface area contributed by atoms with Gasteiger partial charge in [-0.05, 0) is 60.9 Å². The molecule has 0 aliphatic carbocycles. The summed E-state index contributed by atoms with van der Waals surface area (Å²) >= 11 is 3.35. The number of aryl methyl sites for hydroxylation is 1. The van der Waals surface area contributed by atoms with E-state index in [0.29, 0.717) is 5.69 Å². The van der Waals surface area contributed by atoms with Crippen LogP contribution in [-0.2, 0) is 21.2 Å². The van der Waals surface area contributed by atoms with E-state index in [9.17, 15) is 13.2 Å². The molecule has 0 radical (unpaired) electrons. The molecule has 0 aliphatic heterocycles. The van der Waals surface area contributed by atoms with Gasteiger partial charge in [-0.15, -0.1) is 0 Å². The Balaban J connectivity index is 1.91. The smallest absolute Gasteiger partial charge is 0.245 e. The minimum atomic E-state index is -4.03. The van der Waals surface area contributed by atoms with E-state index in [1.54, 1.807) is 43.3 Å². The molecule has 0 heterocycles. The molecule has 3 aromatic carbocycles. The van der Waals surface area contributed by atoms with Crippen molar-refractivity contribution in [3.05, 3.63) is 88.4 Å². The fourth-order valence-corrected chi connectivity index (χ4v) is 4.76. The number of amides is 1. The van der Waals surface area contributed by atoms with Crippen molar-refractivity contribution in [2.75, 3.05) is 12.4 Å². The van der Waals surface area contributed by atoms with Crippen LogP contribution in [0, 0.1) is 6.92 Å². The van der Waals surface area contributed by atoms with Gasteiger partial charge in [-0.3, -0.25) is 4.79 Å². The fraction of sp³-hybridized carbons (Fsp3) is 0.174. The highest BCUT2D eigenvalue weighted by Gasteiger charge is 2.28. The van der Waals surface area contributed by atoms with Gasteiger partial charge in [0.25, 0.3) is 0 Å². The highest BCUT2D eigenvalue weighted by molar-refractivity contribution is 9.10. The molecule has 8 heteroatoms. The lowest BCUT2D eigenvalue weighted by Gasteiger charge is -2.20. The van der Waals surface area contributed by atoms with Gasteiger partial charge in [0.15, 0.2) is 0 Å². The minimum Gasteiger partial charge on any atom is -0.495 e. The molecule has 0 aromatic heterocycles. The van der Waals surface area contributed by atoms with Gasteiger partial charge in [0.1, 0.15) is 16.7 Å².